The summed E-state index contributed by atoms with van der Waals surface area (Å²) in [5.74, 6) is 0.683. The van der Waals surface area contributed by atoms with Crippen molar-refractivity contribution in [1.82, 2.24) is 5.32 Å². The van der Waals surface area contributed by atoms with Crippen molar-refractivity contribution >= 4 is 5.69 Å². The number of nitrogen functional groups attached to an aromatic ring is 1. The molecule has 0 amide bonds. The Morgan fingerprint density at radius 1 is 1.32 bits per heavy atom. The van der Waals surface area contributed by atoms with Crippen LogP contribution >= 0.6 is 0 Å². The van der Waals surface area contributed by atoms with E-state index in [4.69, 9.17) is 10.5 Å². The molecule has 1 saturated carbocycles. The first-order valence-corrected chi connectivity index (χ1v) is 7.38. The fourth-order valence-corrected chi connectivity index (χ4v) is 3.10. The van der Waals surface area contributed by atoms with E-state index in [1.54, 1.807) is 0 Å². The maximum atomic E-state index is 5.76. The lowest BCUT2D eigenvalue weighted by Crippen LogP contribution is -2.33. The summed E-state index contributed by atoms with van der Waals surface area (Å²) >= 11 is 0. The van der Waals surface area contributed by atoms with E-state index in [1.807, 2.05) is 12.1 Å². The number of rotatable bonds is 5. The Balaban J connectivity index is 1.53. The molecule has 2 fully saturated rings. The van der Waals surface area contributed by atoms with E-state index in [1.165, 1.54) is 24.8 Å². The van der Waals surface area contributed by atoms with Crippen LogP contribution in [0.25, 0.3) is 0 Å². The molecule has 1 aromatic carbocycles. The first-order valence-electron chi connectivity index (χ1n) is 7.38. The number of hydrogen-bond donors (Lipinski definition) is 2. The van der Waals surface area contributed by atoms with Crippen LogP contribution in [0.15, 0.2) is 24.3 Å². The monoisotopic (exact) mass is 260 g/mol. The lowest BCUT2D eigenvalue weighted by molar-refractivity contribution is 0.105. The smallest absolute Gasteiger partial charge is 0.0588 e. The summed E-state index contributed by atoms with van der Waals surface area (Å²) in [6.07, 6.45) is 4.20. The topological polar surface area (TPSA) is 47.3 Å². The zero-order chi connectivity index (χ0) is 13.3. The van der Waals surface area contributed by atoms with Gasteiger partial charge in [0.2, 0.25) is 0 Å². The fourth-order valence-electron chi connectivity index (χ4n) is 3.10. The van der Waals surface area contributed by atoms with Gasteiger partial charge < -0.3 is 15.8 Å². The number of nitrogens with one attached hydrogen (secondary N) is 1. The molecule has 19 heavy (non-hydrogen) atoms. The highest BCUT2D eigenvalue weighted by Gasteiger charge is 2.43. The highest BCUT2D eigenvalue weighted by Crippen LogP contribution is 2.47. The van der Waals surface area contributed by atoms with Crippen molar-refractivity contribution in [3.63, 3.8) is 0 Å². The molecule has 1 heterocycles. The van der Waals surface area contributed by atoms with Gasteiger partial charge in [0.05, 0.1) is 6.10 Å². The molecule has 2 aliphatic rings. The number of hydrogen-bond acceptors (Lipinski definition) is 3. The third-order valence-corrected chi connectivity index (χ3v) is 4.78. The van der Waals surface area contributed by atoms with E-state index in [9.17, 15) is 0 Å². The molecule has 0 bridgehead atoms. The van der Waals surface area contributed by atoms with Gasteiger partial charge in [-0.2, -0.15) is 0 Å². The lowest BCUT2D eigenvalue weighted by atomic mass is 9.95. The van der Waals surface area contributed by atoms with Gasteiger partial charge >= 0.3 is 0 Å². The largest absolute Gasteiger partial charge is 0.399 e. The zero-order valence-corrected chi connectivity index (χ0v) is 11.7. The third kappa shape index (κ3) is 2.77. The molecule has 3 rings (SSSR count). The molecule has 1 saturated heterocycles. The highest BCUT2D eigenvalue weighted by atomic mass is 16.5. The Kier molecular flexibility index (Phi) is 3.50. The number of ether oxygens (including phenoxy) is 1. The maximum absolute atomic E-state index is 5.76. The minimum atomic E-state index is 0.371. The first-order chi connectivity index (χ1) is 9.20. The zero-order valence-electron chi connectivity index (χ0n) is 11.7. The molecular weight excluding hydrogens is 236 g/mol. The van der Waals surface area contributed by atoms with Crippen molar-refractivity contribution in [2.24, 2.45) is 5.92 Å². The summed E-state index contributed by atoms with van der Waals surface area (Å²) in [6.45, 7) is 5.28. The van der Waals surface area contributed by atoms with Crippen molar-refractivity contribution in [2.45, 2.75) is 37.7 Å². The van der Waals surface area contributed by atoms with Crippen molar-refractivity contribution < 1.29 is 4.74 Å². The van der Waals surface area contributed by atoms with Crippen LogP contribution in [0.5, 0.6) is 0 Å². The molecule has 2 unspecified atom stereocenters. The van der Waals surface area contributed by atoms with Gasteiger partial charge in [-0.15, -0.1) is 0 Å². The summed E-state index contributed by atoms with van der Waals surface area (Å²) < 4.78 is 5.61. The number of anilines is 1. The predicted octanol–water partition coefficient (Wildman–Crippen LogP) is 2.31. The molecular formula is C16H24N2O. The standard InChI is InChI=1S/C16H24N2O/c1-12-13(6-9-19-12)10-18-11-16(7-8-16)14-2-4-15(17)5-3-14/h2-5,12-13,18H,6-11,17H2,1H3. The van der Waals surface area contributed by atoms with Crippen molar-refractivity contribution in [1.29, 1.82) is 0 Å². The summed E-state index contributed by atoms with van der Waals surface area (Å²) in [6, 6.07) is 8.40. The quantitative estimate of drug-likeness (QED) is 0.799. The average molecular weight is 260 g/mol. The molecule has 1 aliphatic carbocycles. The van der Waals surface area contributed by atoms with Crippen LogP contribution in [0.2, 0.25) is 0 Å². The molecule has 0 aromatic heterocycles. The first kappa shape index (κ1) is 12.9. The SMILES string of the molecule is CC1OCCC1CNCC1(c2ccc(N)cc2)CC1. The Hall–Kier alpha value is -1.06. The van der Waals surface area contributed by atoms with Gasteiger partial charge in [0.15, 0.2) is 0 Å². The molecule has 104 valence electrons. The fraction of sp³-hybridized carbons (Fsp3) is 0.625. The van der Waals surface area contributed by atoms with Crippen LogP contribution in [0.1, 0.15) is 31.7 Å². The predicted molar refractivity (Wildman–Crippen MR) is 78.2 cm³/mol. The van der Waals surface area contributed by atoms with E-state index in [-0.39, 0.29) is 0 Å². The second-order valence-corrected chi connectivity index (χ2v) is 6.16. The van der Waals surface area contributed by atoms with Crippen molar-refractivity contribution in [3.8, 4) is 0 Å². The molecule has 3 heteroatoms. The molecule has 3 nitrogen and oxygen atoms in total. The van der Waals surface area contributed by atoms with Gasteiger partial charge in [-0.3, -0.25) is 0 Å². The van der Waals surface area contributed by atoms with Gasteiger partial charge in [-0.1, -0.05) is 12.1 Å². The number of nitrogens with two attached hydrogens (primary N) is 1. The van der Waals surface area contributed by atoms with E-state index in [0.717, 1.165) is 25.4 Å². The van der Waals surface area contributed by atoms with Gasteiger partial charge in [0.1, 0.15) is 0 Å². The van der Waals surface area contributed by atoms with Crippen LogP contribution in [-0.4, -0.2) is 25.8 Å². The second-order valence-electron chi connectivity index (χ2n) is 6.16. The third-order valence-electron chi connectivity index (χ3n) is 4.78. The normalized spacial score (nSPS) is 28.5. The van der Waals surface area contributed by atoms with Gasteiger partial charge in [0, 0.05) is 30.8 Å². The van der Waals surface area contributed by atoms with Gasteiger partial charge in [-0.05, 0) is 49.8 Å². The molecule has 1 aliphatic heterocycles. The van der Waals surface area contributed by atoms with E-state index >= 15 is 0 Å². The van der Waals surface area contributed by atoms with Crippen LogP contribution in [0.4, 0.5) is 5.69 Å². The van der Waals surface area contributed by atoms with Crippen LogP contribution < -0.4 is 11.1 Å². The van der Waals surface area contributed by atoms with E-state index in [0.29, 0.717) is 17.4 Å². The maximum Gasteiger partial charge on any atom is 0.0588 e. The van der Waals surface area contributed by atoms with Gasteiger partial charge in [-0.25, -0.2) is 0 Å². The van der Waals surface area contributed by atoms with E-state index < -0.39 is 0 Å². The average Bonchev–Trinajstić information content (AvgIpc) is 3.08. The van der Waals surface area contributed by atoms with Crippen LogP contribution in [-0.2, 0) is 10.2 Å². The molecule has 0 spiro atoms. The molecule has 1 aromatic rings. The van der Waals surface area contributed by atoms with Crippen LogP contribution in [0, 0.1) is 5.92 Å². The van der Waals surface area contributed by atoms with Crippen LogP contribution in [0.3, 0.4) is 0 Å². The summed E-state index contributed by atoms with van der Waals surface area (Å²) in [5.41, 5.74) is 8.42. The minimum absolute atomic E-state index is 0.371. The van der Waals surface area contributed by atoms with Crippen molar-refractivity contribution in [3.05, 3.63) is 29.8 Å². The van der Waals surface area contributed by atoms with Gasteiger partial charge in [0.25, 0.3) is 0 Å². The molecule has 0 radical (unpaired) electrons. The Labute approximate surface area is 115 Å². The summed E-state index contributed by atoms with van der Waals surface area (Å²) in [5, 5.41) is 3.66. The van der Waals surface area contributed by atoms with Crippen molar-refractivity contribution in [2.75, 3.05) is 25.4 Å². The Morgan fingerprint density at radius 2 is 2.05 bits per heavy atom. The lowest BCUT2D eigenvalue weighted by Gasteiger charge is -2.20. The highest BCUT2D eigenvalue weighted by molar-refractivity contribution is 5.43. The van der Waals surface area contributed by atoms with E-state index in [2.05, 4.69) is 24.4 Å². The Morgan fingerprint density at radius 3 is 2.63 bits per heavy atom. The molecule has 3 N–H and O–H groups in total. The minimum Gasteiger partial charge on any atom is -0.399 e. The molecule has 2 atom stereocenters. The Bertz CT molecular complexity index is 425. The summed E-state index contributed by atoms with van der Waals surface area (Å²) in [7, 11) is 0. The number of benzene rings is 1. The summed E-state index contributed by atoms with van der Waals surface area (Å²) in [4.78, 5) is 0. The second kappa shape index (κ2) is 5.14.